The maximum atomic E-state index is 12.4. The fourth-order valence-electron chi connectivity index (χ4n) is 1.27. The SMILES string of the molecule is C/C=C/C=C\c1cc(C(F)(F)F)ccc1C. The molecule has 0 aliphatic rings. The van der Waals surface area contributed by atoms with Crippen molar-refractivity contribution in [2.75, 3.05) is 0 Å². The van der Waals surface area contributed by atoms with Crippen molar-refractivity contribution >= 4 is 6.08 Å². The normalized spacial score (nSPS) is 12.8. The zero-order valence-electron chi connectivity index (χ0n) is 9.18. The van der Waals surface area contributed by atoms with E-state index in [1.165, 1.54) is 6.07 Å². The lowest BCUT2D eigenvalue weighted by Crippen LogP contribution is -2.05. The summed E-state index contributed by atoms with van der Waals surface area (Å²) in [6.45, 7) is 3.64. The van der Waals surface area contributed by atoms with Gasteiger partial charge in [-0.2, -0.15) is 13.2 Å². The first-order valence-electron chi connectivity index (χ1n) is 4.92. The Hall–Kier alpha value is -1.51. The van der Waals surface area contributed by atoms with E-state index in [1.807, 2.05) is 13.0 Å². The second kappa shape index (κ2) is 5.01. The van der Waals surface area contributed by atoms with E-state index in [9.17, 15) is 13.2 Å². The van der Waals surface area contributed by atoms with Gasteiger partial charge >= 0.3 is 6.18 Å². The minimum absolute atomic E-state index is 0.591. The lowest BCUT2D eigenvalue weighted by Gasteiger charge is -2.08. The molecule has 0 nitrogen and oxygen atoms in total. The van der Waals surface area contributed by atoms with Gasteiger partial charge in [0.25, 0.3) is 0 Å². The zero-order chi connectivity index (χ0) is 12.2. The maximum absolute atomic E-state index is 12.4. The highest BCUT2D eigenvalue weighted by molar-refractivity contribution is 5.56. The molecular formula is C13H13F3. The molecule has 0 bridgehead atoms. The largest absolute Gasteiger partial charge is 0.416 e. The summed E-state index contributed by atoms with van der Waals surface area (Å²) in [7, 11) is 0. The predicted molar refractivity (Wildman–Crippen MR) is 60.0 cm³/mol. The average Bonchev–Trinajstić information content (AvgIpc) is 2.19. The minimum atomic E-state index is -4.28. The van der Waals surface area contributed by atoms with Gasteiger partial charge in [0.2, 0.25) is 0 Å². The van der Waals surface area contributed by atoms with E-state index in [2.05, 4.69) is 0 Å². The van der Waals surface area contributed by atoms with Crippen molar-refractivity contribution < 1.29 is 13.2 Å². The Balaban J connectivity index is 3.09. The van der Waals surface area contributed by atoms with Crippen LogP contribution in [0.5, 0.6) is 0 Å². The molecule has 0 atom stereocenters. The summed E-state index contributed by atoms with van der Waals surface area (Å²) < 4.78 is 37.3. The van der Waals surface area contributed by atoms with Gasteiger partial charge in [0.05, 0.1) is 5.56 Å². The first-order chi connectivity index (χ1) is 7.45. The number of benzene rings is 1. The third-order valence-corrected chi connectivity index (χ3v) is 2.19. The van der Waals surface area contributed by atoms with E-state index >= 15 is 0 Å². The molecule has 0 aliphatic heterocycles. The average molecular weight is 226 g/mol. The van der Waals surface area contributed by atoms with Crippen molar-refractivity contribution in [1.82, 2.24) is 0 Å². The van der Waals surface area contributed by atoms with Crippen LogP contribution in [0.25, 0.3) is 6.08 Å². The molecule has 0 N–H and O–H groups in total. The van der Waals surface area contributed by atoms with Gasteiger partial charge in [-0.15, -0.1) is 0 Å². The topological polar surface area (TPSA) is 0 Å². The van der Waals surface area contributed by atoms with Crippen molar-refractivity contribution in [3.05, 3.63) is 53.1 Å². The first kappa shape index (κ1) is 12.6. The van der Waals surface area contributed by atoms with Gasteiger partial charge in [-0.3, -0.25) is 0 Å². The fourth-order valence-corrected chi connectivity index (χ4v) is 1.27. The van der Waals surface area contributed by atoms with E-state index in [0.717, 1.165) is 17.7 Å². The number of hydrogen-bond donors (Lipinski definition) is 0. The number of rotatable bonds is 2. The summed E-state index contributed by atoms with van der Waals surface area (Å²) in [5, 5.41) is 0. The molecule has 1 aromatic rings. The number of alkyl halides is 3. The Morgan fingerprint density at radius 3 is 2.38 bits per heavy atom. The molecule has 0 spiro atoms. The first-order valence-corrected chi connectivity index (χ1v) is 4.92. The van der Waals surface area contributed by atoms with Crippen LogP contribution < -0.4 is 0 Å². The molecule has 0 heterocycles. The van der Waals surface area contributed by atoms with Crippen LogP contribution in [0.3, 0.4) is 0 Å². The van der Waals surface area contributed by atoms with E-state index < -0.39 is 11.7 Å². The number of hydrogen-bond acceptors (Lipinski definition) is 0. The molecule has 0 radical (unpaired) electrons. The monoisotopic (exact) mass is 226 g/mol. The van der Waals surface area contributed by atoms with Crippen LogP contribution in [0.1, 0.15) is 23.6 Å². The van der Waals surface area contributed by atoms with E-state index in [1.54, 1.807) is 25.2 Å². The smallest absolute Gasteiger partial charge is 0.166 e. The van der Waals surface area contributed by atoms with Gasteiger partial charge in [-0.1, -0.05) is 30.4 Å². The van der Waals surface area contributed by atoms with Gasteiger partial charge in [0.1, 0.15) is 0 Å². The Bertz CT molecular complexity index is 412. The summed E-state index contributed by atoms with van der Waals surface area (Å²) in [5.74, 6) is 0. The van der Waals surface area contributed by atoms with Crippen LogP contribution >= 0.6 is 0 Å². The summed E-state index contributed by atoms with van der Waals surface area (Å²) in [5.41, 5.74) is 0.805. The number of allylic oxidation sites excluding steroid dienone is 3. The second-order valence-electron chi connectivity index (χ2n) is 3.45. The molecule has 0 saturated carbocycles. The highest BCUT2D eigenvalue weighted by atomic mass is 19.4. The van der Waals surface area contributed by atoms with E-state index in [0.29, 0.717) is 5.56 Å². The molecule has 1 aromatic carbocycles. The second-order valence-corrected chi connectivity index (χ2v) is 3.45. The molecular weight excluding hydrogens is 213 g/mol. The third-order valence-electron chi connectivity index (χ3n) is 2.19. The quantitative estimate of drug-likeness (QED) is 0.646. The van der Waals surface area contributed by atoms with Crippen LogP contribution in [0, 0.1) is 6.92 Å². The van der Waals surface area contributed by atoms with Crippen LogP contribution in [0.15, 0.2) is 36.4 Å². The van der Waals surface area contributed by atoms with E-state index in [4.69, 9.17) is 0 Å². The standard InChI is InChI=1S/C13H13F3/c1-3-4-5-6-11-9-12(13(14,15)16)8-7-10(11)2/h3-9H,1-2H3/b4-3+,6-5-. The van der Waals surface area contributed by atoms with E-state index in [-0.39, 0.29) is 0 Å². The molecule has 0 saturated heterocycles. The molecule has 0 fully saturated rings. The molecule has 0 unspecified atom stereocenters. The Morgan fingerprint density at radius 1 is 1.12 bits per heavy atom. The van der Waals surface area contributed by atoms with Crippen LogP contribution in [-0.4, -0.2) is 0 Å². The summed E-state index contributed by atoms with van der Waals surface area (Å²) in [4.78, 5) is 0. The number of halogens is 3. The summed E-state index contributed by atoms with van der Waals surface area (Å²) in [6.07, 6.45) is 2.71. The van der Waals surface area contributed by atoms with Gasteiger partial charge in [-0.25, -0.2) is 0 Å². The molecule has 0 aliphatic carbocycles. The summed E-state index contributed by atoms with van der Waals surface area (Å²) >= 11 is 0. The summed E-state index contributed by atoms with van der Waals surface area (Å²) in [6, 6.07) is 3.75. The van der Waals surface area contributed by atoms with Crippen molar-refractivity contribution in [2.45, 2.75) is 20.0 Å². The minimum Gasteiger partial charge on any atom is -0.166 e. The van der Waals surface area contributed by atoms with Crippen LogP contribution in [-0.2, 0) is 6.18 Å². The third kappa shape index (κ3) is 3.26. The molecule has 1 rings (SSSR count). The van der Waals surface area contributed by atoms with Crippen LogP contribution in [0.4, 0.5) is 13.2 Å². The molecule has 86 valence electrons. The maximum Gasteiger partial charge on any atom is 0.416 e. The molecule has 0 aromatic heterocycles. The van der Waals surface area contributed by atoms with Gasteiger partial charge in [-0.05, 0) is 37.1 Å². The lowest BCUT2D eigenvalue weighted by molar-refractivity contribution is -0.137. The Morgan fingerprint density at radius 2 is 1.81 bits per heavy atom. The van der Waals surface area contributed by atoms with Crippen molar-refractivity contribution in [1.29, 1.82) is 0 Å². The highest BCUT2D eigenvalue weighted by Gasteiger charge is 2.30. The van der Waals surface area contributed by atoms with Gasteiger partial charge in [0, 0.05) is 0 Å². The van der Waals surface area contributed by atoms with Gasteiger partial charge in [0.15, 0.2) is 0 Å². The van der Waals surface area contributed by atoms with Crippen molar-refractivity contribution in [2.24, 2.45) is 0 Å². The lowest BCUT2D eigenvalue weighted by atomic mass is 10.0. The van der Waals surface area contributed by atoms with Gasteiger partial charge < -0.3 is 0 Å². The molecule has 16 heavy (non-hydrogen) atoms. The fraction of sp³-hybridized carbons (Fsp3) is 0.231. The Kier molecular flexibility index (Phi) is 3.93. The molecule has 3 heteroatoms. The highest BCUT2D eigenvalue weighted by Crippen LogP contribution is 2.30. The van der Waals surface area contributed by atoms with Crippen LogP contribution in [0.2, 0.25) is 0 Å². The number of aryl methyl sites for hydroxylation is 1. The Labute approximate surface area is 93.1 Å². The molecule has 0 amide bonds. The zero-order valence-corrected chi connectivity index (χ0v) is 9.18. The predicted octanol–water partition coefficient (Wildman–Crippen LogP) is 4.60. The van der Waals surface area contributed by atoms with Crippen molar-refractivity contribution in [3.8, 4) is 0 Å². The van der Waals surface area contributed by atoms with Crippen molar-refractivity contribution in [3.63, 3.8) is 0 Å².